The third-order valence-electron chi connectivity index (χ3n) is 2.38. The lowest BCUT2D eigenvalue weighted by molar-refractivity contribution is 0.269. The summed E-state index contributed by atoms with van der Waals surface area (Å²) < 4.78 is 27.4. The summed E-state index contributed by atoms with van der Waals surface area (Å²) >= 11 is 0. The Hall–Kier alpha value is -1.18. The Morgan fingerprint density at radius 1 is 1.61 bits per heavy atom. The molecule has 0 atom stereocenters. The summed E-state index contributed by atoms with van der Waals surface area (Å²) in [5.41, 5.74) is 0. The van der Waals surface area contributed by atoms with E-state index in [1.165, 1.54) is 21.4 Å². The first-order chi connectivity index (χ1) is 8.56. The van der Waals surface area contributed by atoms with Crippen LogP contribution in [0.25, 0.3) is 0 Å². The predicted octanol–water partition coefficient (Wildman–Crippen LogP) is 0.462. The molecule has 6 nitrogen and oxygen atoms in total. The van der Waals surface area contributed by atoms with Gasteiger partial charge in [-0.2, -0.15) is 9.40 Å². The van der Waals surface area contributed by atoms with E-state index in [1.807, 2.05) is 6.92 Å². The van der Waals surface area contributed by atoms with Crippen LogP contribution < -0.4 is 0 Å². The molecule has 0 aliphatic rings. The number of hydrogen-bond donors (Lipinski definition) is 1. The summed E-state index contributed by atoms with van der Waals surface area (Å²) in [6.07, 6.45) is 5.03. The molecule has 0 saturated carbocycles. The number of aromatic nitrogens is 2. The summed E-state index contributed by atoms with van der Waals surface area (Å²) in [7, 11) is -3.53. The molecule has 102 valence electrons. The van der Waals surface area contributed by atoms with Crippen LogP contribution in [0.5, 0.6) is 0 Å². The van der Waals surface area contributed by atoms with Gasteiger partial charge < -0.3 is 5.11 Å². The molecule has 1 aromatic rings. The summed E-state index contributed by atoms with van der Waals surface area (Å²) in [5.74, 6) is 0. The molecule has 0 amide bonds. The molecule has 0 radical (unpaired) electrons. The highest BCUT2D eigenvalue weighted by Crippen LogP contribution is 2.15. The number of nitrogens with zero attached hydrogens (tertiary/aromatic N) is 3. The Labute approximate surface area is 108 Å². The van der Waals surface area contributed by atoms with Crippen LogP contribution in [0.15, 0.2) is 29.9 Å². The number of aliphatic hydroxyl groups is 1. The Balaban J connectivity index is 2.97. The van der Waals surface area contributed by atoms with Crippen LogP contribution in [0, 0.1) is 0 Å². The van der Waals surface area contributed by atoms with Crippen molar-refractivity contribution >= 4 is 10.0 Å². The molecule has 7 heteroatoms. The maximum absolute atomic E-state index is 12.3. The highest BCUT2D eigenvalue weighted by molar-refractivity contribution is 7.89. The van der Waals surface area contributed by atoms with Crippen LogP contribution in [-0.2, 0) is 16.6 Å². The molecule has 1 aromatic heterocycles. The predicted molar refractivity (Wildman–Crippen MR) is 68.6 cm³/mol. The highest BCUT2D eigenvalue weighted by Gasteiger charge is 2.24. The van der Waals surface area contributed by atoms with Gasteiger partial charge in [-0.15, -0.1) is 6.58 Å². The smallest absolute Gasteiger partial charge is 0.246 e. The van der Waals surface area contributed by atoms with E-state index in [-0.39, 0.29) is 24.6 Å². The molecule has 1 heterocycles. The zero-order valence-corrected chi connectivity index (χ0v) is 11.3. The van der Waals surface area contributed by atoms with E-state index >= 15 is 0 Å². The van der Waals surface area contributed by atoms with Gasteiger partial charge in [-0.3, -0.25) is 4.68 Å². The maximum Gasteiger partial charge on any atom is 0.246 e. The Morgan fingerprint density at radius 3 is 2.89 bits per heavy atom. The lowest BCUT2D eigenvalue weighted by Crippen LogP contribution is -2.31. The fraction of sp³-hybridized carbons (Fsp3) is 0.545. The zero-order valence-electron chi connectivity index (χ0n) is 10.5. The highest BCUT2D eigenvalue weighted by atomic mass is 32.2. The normalized spacial score (nSPS) is 11.9. The second-order valence-electron chi connectivity index (χ2n) is 3.81. The Bertz CT molecular complexity index is 481. The Morgan fingerprint density at radius 2 is 2.33 bits per heavy atom. The van der Waals surface area contributed by atoms with Crippen LogP contribution in [0.4, 0.5) is 0 Å². The largest absolute Gasteiger partial charge is 0.394 e. The molecule has 0 aliphatic carbocycles. The lowest BCUT2D eigenvalue weighted by atomic mass is 10.5. The molecule has 1 N–H and O–H groups in total. The van der Waals surface area contributed by atoms with Gasteiger partial charge in [-0.25, -0.2) is 8.42 Å². The number of rotatable bonds is 8. The number of sulfonamides is 1. The van der Waals surface area contributed by atoms with Crippen molar-refractivity contribution < 1.29 is 13.5 Å². The molecule has 0 saturated heterocycles. The number of aliphatic hydroxyl groups excluding tert-OH is 1. The van der Waals surface area contributed by atoms with Crippen molar-refractivity contribution in [1.29, 1.82) is 0 Å². The number of hydrogen-bond acceptors (Lipinski definition) is 4. The van der Waals surface area contributed by atoms with Gasteiger partial charge in [0.1, 0.15) is 4.90 Å². The molecule has 0 bridgehead atoms. The van der Waals surface area contributed by atoms with Crippen molar-refractivity contribution in [3.05, 3.63) is 25.0 Å². The monoisotopic (exact) mass is 273 g/mol. The fourth-order valence-electron chi connectivity index (χ4n) is 1.55. The van der Waals surface area contributed by atoms with Crippen LogP contribution >= 0.6 is 0 Å². The minimum absolute atomic E-state index is 0.0769. The van der Waals surface area contributed by atoms with Gasteiger partial charge in [0, 0.05) is 19.3 Å². The van der Waals surface area contributed by atoms with Crippen LogP contribution in [-0.4, -0.2) is 47.3 Å². The molecule has 0 spiro atoms. The fourth-order valence-corrected chi connectivity index (χ4v) is 3.01. The SMILES string of the molecule is C=CCN(CCC)S(=O)(=O)c1cnn(CCO)c1. The van der Waals surface area contributed by atoms with Crippen LogP contribution in [0.1, 0.15) is 13.3 Å². The molecule has 0 aliphatic heterocycles. The van der Waals surface area contributed by atoms with Gasteiger partial charge in [0.15, 0.2) is 0 Å². The topological polar surface area (TPSA) is 75.4 Å². The first kappa shape index (κ1) is 14.9. The second-order valence-corrected chi connectivity index (χ2v) is 5.75. The minimum atomic E-state index is -3.53. The van der Waals surface area contributed by atoms with E-state index in [0.29, 0.717) is 6.54 Å². The van der Waals surface area contributed by atoms with Gasteiger partial charge >= 0.3 is 0 Å². The molecule has 0 fully saturated rings. The van der Waals surface area contributed by atoms with E-state index in [1.54, 1.807) is 6.08 Å². The third kappa shape index (κ3) is 3.41. The van der Waals surface area contributed by atoms with E-state index in [0.717, 1.165) is 6.42 Å². The van der Waals surface area contributed by atoms with Gasteiger partial charge in [-0.1, -0.05) is 13.0 Å². The standard InChI is InChI=1S/C11H19N3O3S/c1-3-5-14(6-4-2)18(16,17)11-9-12-13(10-11)7-8-15/h3,9-10,15H,1,4-8H2,2H3. The van der Waals surface area contributed by atoms with Gasteiger partial charge in [-0.05, 0) is 6.42 Å². The van der Waals surface area contributed by atoms with E-state index in [9.17, 15) is 8.42 Å². The van der Waals surface area contributed by atoms with E-state index in [4.69, 9.17) is 5.11 Å². The van der Waals surface area contributed by atoms with Crippen molar-refractivity contribution in [2.24, 2.45) is 0 Å². The molecule has 18 heavy (non-hydrogen) atoms. The summed E-state index contributed by atoms with van der Waals surface area (Å²) in [6, 6.07) is 0. The molecule has 0 aromatic carbocycles. The van der Waals surface area contributed by atoms with Crippen LogP contribution in [0.2, 0.25) is 0 Å². The molecular formula is C11H19N3O3S. The summed E-state index contributed by atoms with van der Waals surface area (Å²) in [4.78, 5) is 0.145. The van der Waals surface area contributed by atoms with Crippen molar-refractivity contribution in [1.82, 2.24) is 14.1 Å². The molecule has 1 rings (SSSR count). The molecular weight excluding hydrogens is 254 g/mol. The first-order valence-corrected chi connectivity index (χ1v) is 7.24. The third-order valence-corrected chi connectivity index (χ3v) is 4.20. The first-order valence-electron chi connectivity index (χ1n) is 5.80. The van der Waals surface area contributed by atoms with Gasteiger partial charge in [0.25, 0.3) is 0 Å². The quantitative estimate of drug-likeness (QED) is 0.698. The van der Waals surface area contributed by atoms with E-state index < -0.39 is 10.0 Å². The van der Waals surface area contributed by atoms with Crippen molar-refractivity contribution in [3.8, 4) is 0 Å². The Kier molecular flexibility index (Phi) is 5.52. The van der Waals surface area contributed by atoms with Crippen LogP contribution in [0.3, 0.4) is 0 Å². The second kappa shape index (κ2) is 6.67. The van der Waals surface area contributed by atoms with Crippen molar-refractivity contribution in [2.75, 3.05) is 19.7 Å². The summed E-state index contributed by atoms with van der Waals surface area (Å²) in [5, 5.41) is 12.7. The van der Waals surface area contributed by atoms with Crippen molar-refractivity contribution in [2.45, 2.75) is 24.8 Å². The average Bonchev–Trinajstić information content (AvgIpc) is 2.78. The van der Waals surface area contributed by atoms with E-state index in [2.05, 4.69) is 11.7 Å². The summed E-state index contributed by atoms with van der Waals surface area (Å²) in [6.45, 7) is 6.41. The van der Waals surface area contributed by atoms with Crippen molar-refractivity contribution in [3.63, 3.8) is 0 Å². The minimum Gasteiger partial charge on any atom is -0.394 e. The van der Waals surface area contributed by atoms with Gasteiger partial charge in [0.2, 0.25) is 10.0 Å². The average molecular weight is 273 g/mol. The lowest BCUT2D eigenvalue weighted by Gasteiger charge is -2.18. The molecule has 0 unspecified atom stereocenters. The zero-order chi connectivity index (χ0) is 13.6. The maximum atomic E-state index is 12.3. The van der Waals surface area contributed by atoms with Gasteiger partial charge in [0.05, 0.1) is 19.3 Å².